The van der Waals surface area contributed by atoms with Crippen molar-refractivity contribution in [3.8, 4) is 5.75 Å². The Morgan fingerprint density at radius 1 is 1.40 bits per heavy atom. The highest BCUT2D eigenvalue weighted by Crippen LogP contribution is 2.19. The second kappa shape index (κ2) is 8.12. The quantitative estimate of drug-likeness (QED) is 0.831. The lowest BCUT2D eigenvalue weighted by atomic mass is 10.0. The van der Waals surface area contributed by atoms with Crippen LogP contribution in [0.15, 0.2) is 24.3 Å². The van der Waals surface area contributed by atoms with Gasteiger partial charge in [0.25, 0.3) is 0 Å². The maximum Gasteiger partial charge on any atom is 0.121 e. The summed E-state index contributed by atoms with van der Waals surface area (Å²) in [6.45, 7) is 4.42. The van der Waals surface area contributed by atoms with Gasteiger partial charge in [-0.3, -0.25) is 0 Å². The molecule has 2 rings (SSSR count). The van der Waals surface area contributed by atoms with Crippen molar-refractivity contribution >= 4 is 5.69 Å². The minimum absolute atomic E-state index is 0.627. The zero-order chi connectivity index (χ0) is 14.2. The van der Waals surface area contributed by atoms with Crippen LogP contribution in [0.2, 0.25) is 0 Å². The first kappa shape index (κ1) is 15.1. The molecule has 1 aliphatic rings. The Labute approximate surface area is 122 Å². The van der Waals surface area contributed by atoms with Crippen molar-refractivity contribution < 1.29 is 9.47 Å². The van der Waals surface area contributed by atoms with Gasteiger partial charge in [-0.1, -0.05) is 6.07 Å². The first-order valence-corrected chi connectivity index (χ1v) is 7.43. The standard InChI is InChI=1S/C16H26N2O2/c1-18(2)8-10-20-16-7-3-6-15(11-16)17-12-14-5-4-9-19-13-14/h3,6-7,11,14,17H,4-5,8-10,12-13H2,1-2H3. The van der Waals surface area contributed by atoms with Crippen LogP contribution in [0.4, 0.5) is 5.69 Å². The average Bonchev–Trinajstić information content (AvgIpc) is 2.46. The number of nitrogens with zero attached hydrogens (tertiary/aromatic N) is 1. The van der Waals surface area contributed by atoms with Crippen molar-refractivity contribution in [1.82, 2.24) is 4.90 Å². The number of likely N-dealkylation sites (N-methyl/N-ethyl adjacent to an activating group) is 1. The Kier molecular flexibility index (Phi) is 6.15. The summed E-state index contributed by atoms with van der Waals surface area (Å²) in [4.78, 5) is 2.12. The highest BCUT2D eigenvalue weighted by Gasteiger charge is 2.13. The molecule has 112 valence electrons. The molecule has 1 heterocycles. The number of hydrogen-bond donors (Lipinski definition) is 1. The second-order valence-corrected chi connectivity index (χ2v) is 5.64. The van der Waals surface area contributed by atoms with Gasteiger partial charge in [-0.2, -0.15) is 0 Å². The molecule has 0 bridgehead atoms. The van der Waals surface area contributed by atoms with Crippen LogP contribution in [-0.4, -0.2) is 51.9 Å². The SMILES string of the molecule is CN(C)CCOc1cccc(NCC2CCCOC2)c1. The van der Waals surface area contributed by atoms with Gasteiger partial charge in [-0.05, 0) is 45.0 Å². The molecule has 1 N–H and O–H groups in total. The molecule has 1 saturated heterocycles. The van der Waals surface area contributed by atoms with Gasteiger partial charge >= 0.3 is 0 Å². The van der Waals surface area contributed by atoms with Crippen LogP contribution in [0, 0.1) is 5.92 Å². The molecule has 1 unspecified atom stereocenters. The molecule has 1 atom stereocenters. The maximum absolute atomic E-state index is 5.74. The number of benzene rings is 1. The molecule has 1 aromatic carbocycles. The summed E-state index contributed by atoms with van der Waals surface area (Å²) in [5, 5.41) is 3.48. The largest absolute Gasteiger partial charge is 0.492 e. The highest BCUT2D eigenvalue weighted by molar-refractivity contribution is 5.48. The zero-order valence-electron chi connectivity index (χ0n) is 12.6. The van der Waals surface area contributed by atoms with E-state index in [1.165, 1.54) is 12.8 Å². The van der Waals surface area contributed by atoms with E-state index in [2.05, 4.69) is 22.3 Å². The molecule has 1 aliphatic heterocycles. The lowest BCUT2D eigenvalue weighted by Crippen LogP contribution is -2.24. The molecule has 20 heavy (non-hydrogen) atoms. The first-order chi connectivity index (χ1) is 9.74. The van der Waals surface area contributed by atoms with Crippen molar-refractivity contribution in [2.45, 2.75) is 12.8 Å². The third-order valence-corrected chi connectivity index (χ3v) is 3.49. The van der Waals surface area contributed by atoms with Gasteiger partial charge in [0.05, 0.1) is 6.61 Å². The molecule has 0 radical (unpaired) electrons. The van der Waals surface area contributed by atoms with Crippen LogP contribution in [0.5, 0.6) is 5.75 Å². The molecular formula is C16H26N2O2. The topological polar surface area (TPSA) is 33.7 Å². The van der Waals surface area contributed by atoms with E-state index in [0.717, 1.165) is 37.7 Å². The van der Waals surface area contributed by atoms with Gasteiger partial charge in [-0.25, -0.2) is 0 Å². The van der Waals surface area contributed by atoms with Crippen LogP contribution >= 0.6 is 0 Å². The van der Waals surface area contributed by atoms with Gasteiger partial charge in [-0.15, -0.1) is 0 Å². The predicted molar refractivity (Wildman–Crippen MR) is 82.5 cm³/mol. The summed E-state index contributed by atoms with van der Waals surface area (Å²) < 4.78 is 11.2. The van der Waals surface area contributed by atoms with Crippen molar-refractivity contribution in [3.63, 3.8) is 0 Å². The van der Waals surface area contributed by atoms with E-state index in [0.29, 0.717) is 12.5 Å². The second-order valence-electron chi connectivity index (χ2n) is 5.64. The van der Waals surface area contributed by atoms with Crippen LogP contribution in [0.25, 0.3) is 0 Å². The molecular weight excluding hydrogens is 252 g/mol. The Morgan fingerprint density at radius 3 is 3.05 bits per heavy atom. The van der Waals surface area contributed by atoms with Crippen LogP contribution < -0.4 is 10.1 Å². The number of rotatable bonds is 7. The first-order valence-electron chi connectivity index (χ1n) is 7.43. The maximum atomic E-state index is 5.74. The molecule has 0 aromatic heterocycles. The van der Waals surface area contributed by atoms with Crippen LogP contribution in [0.3, 0.4) is 0 Å². The van der Waals surface area contributed by atoms with Gasteiger partial charge in [0.2, 0.25) is 0 Å². The minimum Gasteiger partial charge on any atom is -0.492 e. The smallest absolute Gasteiger partial charge is 0.121 e. The van der Waals surface area contributed by atoms with E-state index in [9.17, 15) is 0 Å². The van der Waals surface area contributed by atoms with Crippen molar-refractivity contribution in [2.75, 3.05) is 52.3 Å². The fourth-order valence-corrected chi connectivity index (χ4v) is 2.27. The number of nitrogens with one attached hydrogen (secondary N) is 1. The summed E-state index contributed by atoms with van der Waals surface area (Å²) in [7, 11) is 4.10. The van der Waals surface area contributed by atoms with E-state index in [1.54, 1.807) is 0 Å². The number of anilines is 1. The summed E-state index contributed by atoms with van der Waals surface area (Å²) in [5.41, 5.74) is 1.12. The monoisotopic (exact) mass is 278 g/mol. The van der Waals surface area contributed by atoms with Gasteiger partial charge < -0.3 is 19.7 Å². The fraction of sp³-hybridized carbons (Fsp3) is 0.625. The minimum atomic E-state index is 0.627. The molecule has 4 nitrogen and oxygen atoms in total. The van der Waals surface area contributed by atoms with Crippen LogP contribution in [0.1, 0.15) is 12.8 Å². The molecule has 1 aromatic rings. The Balaban J connectivity index is 1.76. The van der Waals surface area contributed by atoms with Gasteiger partial charge in [0.1, 0.15) is 12.4 Å². The van der Waals surface area contributed by atoms with Crippen molar-refractivity contribution in [3.05, 3.63) is 24.3 Å². The Hall–Kier alpha value is -1.26. The van der Waals surface area contributed by atoms with Crippen LogP contribution in [-0.2, 0) is 4.74 Å². The van der Waals surface area contributed by atoms with Gasteiger partial charge in [0.15, 0.2) is 0 Å². The molecule has 0 amide bonds. The van der Waals surface area contributed by atoms with E-state index in [1.807, 2.05) is 26.2 Å². The third kappa shape index (κ3) is 5.39. The average molecular weight is 278 g/mol. The van der Waals surface area contributed by atoms with Crippen molar-refractivity contribution in [2.24, 2.45) is 5.92 Å². The summed E-state index contributed by atoms with van der Waals surface area (Å²) in [5.74, 6) is 1.55. The van der Waals surface area contributed by atoms with Crippen molar-refractivity contribution in [1.29, 1.82) is 0 Å². The highest BCUT2D eigenvalue weighted by atomic mass is 16.5. The molecule has 1 fully saturated rings. The normalized spacial score (nSPS) is 19.1. The molecule has 0 spiro atoms. The number of ether oxygens (including phenoxy) is 2. The number of hydrogen-bond acceptors (Lipinski definition) is 4. The summed E-state index contributed by atoms with van der Waals surface area (Å²) in [6.07, 6.45) is 2.44. The summed E-state index contributed by atoms with van der Waals surface area (Å²) in [6, 6.07) is 8.19. The molecule has 0 saturated carbocycles. The van der Waals surface area contributed by atoms with E-state index in [4.69, 9.17) is 9.47 Å². The fourth-order valence-electron chi connectivity index (χ4n) is 2.27. The molecule has 4 heteroatoms. The summed E-state index contributed by atoms with van der Waals surface area (Å²) >= 11 is 0. The van der Waals surface area contributed by atoms with E-state index >= 15 is 0 Å². The lowest BCUT2D eigenvalue weighted by Gasteiger charge is -2.22. The van der Waals surface area contributed by atoms with Gasteiger partial charge in [0, 0.05) is 31.5 Å². The Morgan fingerprint density at radius 2 is 2.30 bits per heavy atom. The predicted octanol–water partition coefficient (Wildman–Crippen LogP) is 2.47. The lowest BCUT2D eigenvalue weighted by molar-refractivity contribution is 0.0595. The third-order valence-electron chi connectivity index (χ3n) is 3.49. The zero-order valence-corrected chi connectivity index (χ0v) is 12.6. The Bertz CT molecular complexity index is 390. The molecule has 0 aliphatic carbocycles. The van der Waals surface area contributed by atoms with E-state index in [-0.39, 0.29) is 0 Å². The van der Waals surface area contributed by atoms with E-state index < -0.39 is 0 Å².